The van der Waals surface area contributed by atoms with E-state index in [4.69, 9.17) is 4.74 Å². The Labute approximate surface area is 344 Å². The number of carbonyl (C=O) groups is 2. The molecule has 0 saturated heterocycles. The summed E-state index contributed by atoms with van der Waals surface area (Å²) < 4.78 is 43.6. The van der Waals surface area contributed by atoms with E-state index in [2.05, 4.69) is 46.9 Å². The summed E-state index contributed by atoms with van der Waals surface area (Å²) in [7, 11) is 1.85. The monoisotopic (exact) mass is 815 g/mol. The Kier molecular flexibility index (Phi) is 12.6. The van der Waals surface area contributed by atoms with E-state index in [1.54, 1.807) is 0 Å². The lowest BCUT2D eigenvalue weighted by Crippen LogP contribution is -2.66. The van der Waals surface area contributed by atoms with Gasteiger partial charge in [-0.2, -0.15) is 13.2 Å². The van der Waals surface area contributed by atoms with Crippen LogP contribution in [0.4, 0.5) is 13.2 Å². The predicted octanol–water partition coefficient (Wildman–Crippen LogP) is 11.3. The number of ketones is 1. The molecule has 5 aliphatic rings. The molecule has 6 nitrogen and oxygen atoms in total. The van der Waals surface area contributed by atoms with Gasteiger partial charge in [-0.05, 0) is 153 Å². The number of aliphatic hydroxyl groups excluding tert-OH is 1. The fourth-order valence-electron chi connectivity index (χ4n) is 12.5. The molecule has 0 heterocycles. The Bertz CT molecular complexity index is 1800. The van der Waals surface area contributed by atoms with Crippen LogP contribution < -0.4 is 10.1 Å². The molecule has 0 radical (unpaired) electrons. The molecule has 4 fully saturated rings. The second-order valence-corrected chi connectivity index (χ2v) is 19.9. The molecule has 4 saturated carbocycles. The lowest BCUT2D eigenvalue weighted by atomic mass is 9.33. The average molecular weight is 816 g/mol. The van der Waals surface area contributed by atoms with Crippen molar-refractivity contribution in [2.75, 3.05) is 13.6 Å². The van der Waals surface area contributed by atoms with E-state index in [9.17, 15) is 33.0 Å². The van der Waals surface area contributed by atoms with Crippen molar-refractivity contribution in [2.45, 2.75) is 131 Å². The van der Waals surface area contributed by atoms with Gasteiger partial charge < -0.3 is 20.3 Å². The highest BCUT2D eigenvalue weighted by molar-refractivity contribution is 5.95. The van der Waals surface area contributed by atoms with Crippen molar-refractivity contribution in [3.05, 3.63) is 77.4 Å². The number of carbonyl (C=O) groups excluding carboxylic acids is 1. The Balaban J connectivity index is 0.000000235. The first-order chi connectivity index (χ1) is 26.1. The first-order valence-corrected chi connectivity index (χ1v) is 20.8. The Morgan fingerprint density at radius 3 is 2.12 bits per heavy atom. The molecule has 10 unspecified atom stereocenters. The Morgan fingerprint density at radius 1 is 0.895 bits per heavy atom. The highest BCUT2D eigenvalue weighted by Gasteiger charge is 2.70. The van der Waals surface area contributed by atoms with Crippen LogP contribution in [0.3, 0.4) is 0 Å². The maximum Gasteiger partial charge on any atom is 0.416 e. The number of ether oxygens (including phenoxy) is 1. The molecule has 3 N–H and O–H groups in total. The highest BCUT2D eigenvalue weighted by Crippen LogP contribution is 2.75. The van der Waals surface area contributed by atoms with Crippen LogP contribution in [0.15, 0.2) is 66.2 Å². The van der Waals surface area contributed by atoms with Crippen LogP contribution in [0, 0.1) is 50.2 Å². The number of allylic oxidation sites excluding steroid dienone is 2. The summed E-state index contributed by atoms with van der Waals surface area (Å²) >= 11 is 0. The summed E-state index contributed by atoms with van der Waals surface area (Å²) in [6.07, 6.45) is 6.14. The topological polar surface area (TPSA) is 95.9 Å². The molecule has 0 spiro atoms. The van der Waals surface area contributed by atoms with Crippen LogP contribution in [-0.4, -0.2) is 41.7 Å². The van der Waals surface area contributed by atoms with Crippen LogP contribution in [0.5, 0.6) is 5.75 Å². The number of aliphatic carboxylic acids is 1. The van der Waals surface area contributed by atoms with Crippen molar-refractivity contribution in [3.8, 4) is 5.75 Å². The van der Waals surface area contributed by atoms with E-state index >= 15 is 0 Å². The van der Waals surface area contributed by atoms with E-state index < -0.39 is 23.1 Å². The fraction of sp³-hybridized carbons (Fsp3) is 0.660. The van der Waals surface area contributed by atoms with Crippen molar-refractivity contribution in [1.82, 2.24) is 5.32 Å². The van der Waals surface area contributed by atoms with Gasteiger partial charge in [-0.15, -0.1) is 12.4 Å². The summed E-state index contributed by atoms with van der Waals surface area (Å²) in [4.78, 5) is 26.4. The second kappa shape index (κ2) is 15.9. The number of aliphatic hydroxyl groups is 1. The zero-order valence-corrected chi connectivity index (χ0v) is 35.9. The number of benzene rings is 2. The van der Waals surface area contributed by atoms with Gasteiger partial charge in [0, 0.05) is 12.3 Å². The summed E-state index contributed by atoms with van der Waals surface area (Å²) in [6, 6.07) is 14.4. The van der Waals surface area contributed by atoms with Gasteiger partial charge in [-0.1, -0.05) is 77.4 Å². The van der Waals surface area contributed by atoms with Crippen LogP contribution in [0.1, 0.15) is 130 Å². The third-order valence-electron chi connectivity index (χ3n) is 16.4. The Morgan fingerprint density at radius 2 is 1.53 bits per heavy atom. The number of nitrogens with one attached hydrogen (secondary N) is 1. The minimum Gasteiger partial charge on any atom is -0.486 e. The normalized spacial score (nSPS) is 37.3. The average Bonchev–Trinajstić information content (AvgIpc) is 3.14. The third-order valence-corrected chi connectivity index (χ3v) is 16.4. The van der Waals surface area contributed by atoms with Crippen molar-refractivity contribution in [2.24, 2.45) is 50.2 Å². The van der Waals surface area contributed by atoms with Crippen LogP contribution in [-0.2, 0) is 15.8 Å². The second-order valence-electron chi connectivity index (χ2n) is 19.9. The molecule has 316 valence electrons. The van der Waals surface area contributed by atoms with Crippen molar-refractivity contribution in [1.29, 1.82) is 0 Å². The maximum absolute atomic E-state index is 14.2. The van der Waals surface area contributed by atoms with Gasteiger partial charge in [0.05, 0.1) is 17.1 Å². The number of alkyl halides is 3. The summed E-state index contributed by atoms with van der Waals surface area (Å²) in [5.74, 6) is 0.489. The molecule has 57 heavy (non-hydrogen) atoms. The van der Waals surface area contributed by atoms with Crippen molar-refractivity contribution < 1.29 is 37.7 Å². The van der Waals surface area contributed by atoms with Gasteiger partial charge >= 0.3 is 12.1 Å². The molecule has 0 amide bonds. The first-order valence-electron chi connectivity index (χ1n) is 20.8. The Hall–Kier alpha value is -2.88. The predicted molar refractivity (Wildman–Crippen MR) is 220 cm³/mol. The number of rotatable bonds is 7. The van der Waals surface area contributed by atoms with Gasteiger partial charge in [0.2, 0.25) is 0 Å². The molecular weight excluding hydrogens is 751 g/mol. The molecule has 5 aliphatic carbocycles. The SMILES string of the molecule is CC1(C(=O)O)CCC2(C)CCC3(C)C(=CC(=O)C4C5(C)CCC(O)C(C)(C)C5CCC43C)C2C1.CNCCC(Oc1ccc(C(F)(F)F)cc1)c1ccccc1.Cl. The van der Waals surface area contributed by atoms with Crippen molar-refractivity contribution >= 4 is 24.2 Å². The summed E-state index contributed by atoms with van der Waals surface area (Å²) in [5, 5.41) is 24.0. The molecule has 0 bridgehead atoms. The highest BCUT2D eigenvalue weighted by atomic mass is 35.5. The van der Waals surface area contributed by atoms with Crippen molar-refractivity contribution in [3.63, 3.8) is 0 Å². The van der Waals surface area contributed by atoms with E-state index in [1.807, 2.05) is 50.4 Å². The standard InChI is InChI=1S/C30H46O4.C17H18F3NO.ClH/c1-25(2)21-8-11-30(7)23(28(21,5)10-9-22(25)32)20(31)16-18-19-17-27(4,24(33)34)13-12-26(19,3)14-15-29(18,30)6;1-21-12-11-16(13-5-3-2-4-6-13)22-15-9-7-14(8-10-15)17(18,19)20;/h16,19,21-23,32H,8-15,17H2,1-7H3,(H,33,34);2-10,16,21H,11-12H2,1H3;1H. The molecule has 2 aromatic rings. The van der Waals surface area contributed by atoms with Crippen LogP contribution in [0.25, 0.3) is 0 Å². The fourth-order valence-corrected chi connectivity index (χ4v) is 12.5. The van der Waals surface area contributed by atoms with Crippen LogP contribution in [0.2, 0.25) is 0 Å². The van der Waals surface area contributed by atoms with E-state index in [-0.39, 0.29) is 69.3 Å². The first kappa shape index (κ1) is 45.2. The molecule has 10 heteroatoms. The quantitative estimate of drug-likeness (QED) is 0.258. The van der Waals surface area contributed by atoms with Crippen LogP contribution >= 0.6 is 12.4 Å². The van der Waals surface area contributed by atoms with E-state index in [0.29, 0.717) is 18.1 Å². The molecule has 2 aromatic carbocycles. The number of carboxylic acids is 1. The van der Waals surface area contributed by atoms with Gasteiger partial charge in [-0.3, -0.25) is 9.59 Å². The number of carboxylic acid groups (broad SMARTS) is 1. The molecule has 0 aromatic heterocycles. The zero-order valence-electron chi connectivity index (χ0n) is 35.1. The van der Waals surface area contributed by atoms with E-state index in [0.717, 1.165) is 82.0 Å². The van der Waals surface area contributed by atoms with Gasteiger partial charge in [0.25, 0.3) is 0 Å². The zero-order chi connectivity index (χ0) is 41.1. The third kappa shape index (κ3) is 7.83. The molecule has 0 aliphatic heterocycles. The number of hydrogen-bond donors (Lipinski definition) is 3. The largest absolute Gasteiger partial charge is 0.486 e. The van der Waals surface area contributed by atoms with E-state index in [1.165, 1.54) is 17.7 Å². The summed E-state index contributed by atoms with van der Waals surface area (Å²) in [5.41, 5.74) is 0.465. The minimum absolute atomic E-state index is 0. The van der Waals surface area contributed by atoms with Gasteiger partial charge in [0.1, 0.15) is 11.9 Å². The van der Waals surface area contributed by atoms with Gasteiger partial charge in [-0.25, -0.2) is 0 Å². The maximum atomic E-state index is 14.2. The minimum atomic E-state index is -4.33. The molecular formula is C47H65ClF3NO5. The lowest BCUT2D eigenvalue weighted by molar-refractivity contribution is -0.202. The summed E-state index contributed by atoms with van der Waals surface area (Å²) in [6.45, 7) is 16.6. The number of hydrogen-bond acceptors (Lipinski definition) is 5. The van der Waals surface area contributed by atoms with Gasteiger partial charge in [0.15, 0.2) is 5.78 Å². The molecule has 7 rings (SSSR count). The smallest absolute Gasteiger partial charge is 0.416 e. The molecule has 10 atom stereocenters. The lowest BCUT2D eigenvalue weighted by Gasteiger charge is -2.70. The number of fused-ring (bicyclic) bond motifs is 7. The number of halogens is 4.